The van der Waals surface area contributed by atoms with Gasteiger partial charge >= 0.3 is 0 Å². The van der Waals surface area contributed by atoms with Crippen LogP contribution in [0.1, 0.15) is 63.0 Å². The predicted molar refractivity (Wildman–Crippen MR) is 144 cm³/mol. The first-order valence-corrected chi connectivity index (χ1v) is 14.5. The van der Waals surface area contributed by atoms with Crippen molar-refractivity contribution in [1.82, 2.24) is 15.1 Å². The first-order valence-electron chi connectivity index (χ1n) is 12.5. The van der Waals surface area contributed by atoms with Gasteiger partial charge in [-0.3, -0.25) is 29.6 Å². The minimum absolute atomic E-state index is 0. The number of sulfone groups is 1. The fraction of sp³-hybridized carbons (Fsp3) is 0.600. The largest absolute Gasteiger partial charge is 0.320 e. The number of hydrogen-bond acceptors (Lipinski definition) is 8. The molecule has 206 valence electrons. The van der Waals surface area contributed by atoms with Gasteiger partial charge in [0.2, 0.25) is 17.7 Å². The zero-order valence-corrected chi connectivity index (χ0v) is 23.1. The molecular formula is C25H38ClN5O5S. The Hall–Kier alpha value is -2.34. The van der Waals surface area contributed by atoms with Gasteiger partial charge in [-0.05, 0) is 44.7 Å². The summed E-state index contributed by atoms with van der Waals surface area (Å²) >= 11 is 0. The highest BCUT2D eigenvalue weighted by Crippen LogP contribution is 2.28. The molecule has 0 unspecified atom stereocenters. The summed E-state index contributed by atoms with van der Waals surface area (Å²) in [6.45, 7) is 2.87. The molecule has 1 aromatic rings. The summed E-state index contributed by atoms with van der Waals surface area (Å²) in [4.78, 5) is 41.9. The minimum atomic E-state index is -3.48. The molecule has 2 fully saturated rings. The molecule has 12 heteroatoms. The van der Waals surface area contributed by atoms with Crippen LogP contribution < -0.4 is 11.1 Å². The quantitative estimate of drug-likeness (QED) is 0.325. The maximum atomic E-state index is 13.6. The summed E-state index contributed by atoms with van der Waals surface area (Å²) in [5.41, 5.74) is 7.28. The molecular weight excluding hydrogens is 518 g/mol. The van der Waals surface area contributed by atoms with Crippen LogP contribution in [-0.2, 0) is 30.8 Å². The SMILES string of the molecule is C[C@H](N)C(=O)N(C(=O)[C@@H]1CCCN1Cc1ccc(C(=N)NC(=O)CS(C)(=O)=O)cc1)C1CCCCC1.Cl. The van der Waals surface area contributed by atoms with Gasteiger partial charge in [-0.2, -0.15) is 0 Å². The third kappa shape index (κ3) is 8.59. The number of carbonyl (C=O) groups excluding carboxylic acids is 3. The van der Waals surface area contributed by atoms with Crippen LogP contribution in [0.4, 0.5) is 0 Å². The van der Waals surface area contributed by atoms with Crippen molar-refractivity contribution in [2.75, 3.05) is 18.6 Å². The van der Waals surface area contributed by atoms with E-state index >= 15 is 0 Å². The molecule has 4 N–H and O–H groups in total. The molecule has 1 aliphatic heterocycles. The van der Waals surface area contributed by atoms with Crippen molar-refractivity contribution in [3.63, 3.8) is 0 Å². The van der Waals surface area contributed by atoms with E-state index in [9.17, 15) is 22.8 Å². The molecule has 2 aliphatic rings. The highest BCUT2D eigenvalue weighted by Gasteiger charge is 2.40. The van der Waals surface area contributed by atoms with Gasteiger partial charge in [-0.1, -0.05) is 43.5 Å². The second-order valence-electron chi connectivity index (χ2n) is 9.95. The third-order valence-corrected chi connectivity index (χ3v) is 7.53. The number of nitrogens with zero attached hydrogens (tertiary/aromatic N) is 2. The van der Waals surface area contributed by atoms with E-state index in [1.165, 1.54) is 4.90 Å². The van der Waals surface area contributed by atoms with Crippen LogP contribution in [0.2, 0.25) is 0 Å². The summed E-state index contributed by atoms with van der Waals surface area (Å²) in [5, 5.41) is 10.3. The van der Waals surface area contributed by atoms with E-state index in [-0.39, 0.29) is 42.1 Å². The highest BCUT2D eigenvalue weighted by molar-refractivity contribution is 7.91. The first-order chi connectivity index (χ1) is 17.0. The van der Waals surface area contributed by atoms with Gasteiger partial charge in [0.05, 0.1) is 12.1 Å². The Balaban J connectivity index is 0.00000481. The zero-order valence-electron chi connectivity index (χ0n) is 21.4. The molecule has 2 atom stereocenters. The number of hydrogen-bond donors (Lipinski definition) is 3. The summed E-state index contributed by atoms with van der Waals surface area (Å²) < 4.78 is 22.5. The van der Waals surface area contributed by atoms with E-state index in [1.54, 1.807) is 19.1 Å². The lowest BCUT2D eigenvalue weighted by Gasteiger charge is -2.37. The Bertz CT molecular complexity index is 1090. The van der Waals surface area contributed by atoms with Crippen LogP contribution in [0.25, 0.3) is 0 Å². The van der Waals surface area contributed by atoms with Crippen LogP contribution in [0.3, 0.4) is 0 Å². The fourth-order valence-corrected chi connectivity index (χ4v) is 5.53. The van der Waals surface area contributed by atoms with Gasteiger partial charge in [-0.25, -0.2) is 8.42 Å². The van der Waals surface area contributed by atoms with Gasteiger partial charge in [0.15, 0.2) is 9.84 Å². The number of amidine groups is 1. The smallest absolute Gasteiger partial charge is 0.246 e. The Morgan fingerprint density at radius 3 is 2.30 bits per heavy atom. The monoisotopic (exact) mass is 555 g/mol. The third-order valence-electron chi connectivity index (χ3n) is 6.74. The Morgan fingerprint density at radius 1 is 1.11 bits per heavy atom. The van der Waals surface area contributed by atoms with Gasteiger partial charge in [0.25, 0.3) is 0 Å². The number of nitrogens with two attached hydrogens (primary N) is 1. The number of halogens is 1. The number of rotatable bonds is 8. The van der Waals surface area contributed by atoms with Crippen LogP contribution in [-0.4, -0.2) is 78.5 Å². The fourth-order valence-electron chi connectivity index (χ4n) is 4.98. The highest BCUT2D eigenvalue weighted by atomic mass is 35.5. The van der Waals surface area contributed by atoms with Crippen LogP contribution in [0.15, 0.2) is 24.3 Å². The molecule has 1 heterocycles. The molecule has 1 aromatic carbocycles. The van der Waals surface area contributed by atoms with Crippen molar-refractivity contribution in [1.29, 1.82) is 5.41 Å². The average molecular weight is 556 g/mol. The van der Waals surface area contributed by atoms with Gasteiger partial charge in [-0.15, -0.1) is 12.4 Å². The van der Waals surface area contributed by atoms with Crippen LogP contribution in [0.5, 0.6) is 0 Å². The van der Waals surface area contributed by atoms with E-state index in [1.807, 2.05) is 12.1 Å². The molecule has 0 bridgehead atoms. The van der Waals surface area contributed by atoms with E-state index in [4.69, 9.17) is 11.1 Å². The van der Waals surface area contributed by atoms with Gasteiger partial charge in [0, 0.05) is 24.4 Å². The maximum Gasteiger partial charge on any atom is 0.246 e. The molecule has 3 rings (SSSR count). The van der Waals surface area contributed by atoms with E-state index in [2.05, 4.69) is 10.2 Å². The summed E-state index contributed by atoms with van der Waals surface area (Å²) in [6.07, 6.45) is 7.28. The molecule has 0 aromatic heterocycles. The summed E-state index contributed by atoms with van der Waals surface area (Å²) in [7, 11) is -3.48. The molecule has 0 radical (unpaired) electrons. The maximum absolute atomic E-state index is 13.6. The number of likely N-dealkylation sites (tertiary alicyclic amines) is 1. The lowest BCUT2D eigenvalue weighted by molar-refractivity contribution is -0.152. The molecule has 3 amide bonds. The van der Waals surface area contributed by atoms with Crippen molar-refractivity contribution in [3.8, 4) is 0 Å². The summed E-state index contributed by atoms with van der Waals surface area (Å²) in [5.74, 6) is -2.08. The van der Waals surface area contributed by atoms with E-state index < -0.39 is 27.5 Å². The predicted octanol–water partition coefficient (Wildman–Crippen LogP) is 1.59. The van der Waals surface area contributed by atoms with Gasteiger partial charge < -0.3 is 11.1 Å². The lowest BCUT2D eigenvalue weighted by Crippen LogP contribution is -2.56. The molecule has 0 spiro atoms. The van der Waals surface area contributed by atoms with Crippen LogP contribution >= 0.6 is 12.4 Å². The normalized spacial score (nSPS) is 19.5. The summed E-state index contributed by atoms with van der Waals surface area (Å²) in [6, 6.07) is 5.79. The number of imide groups is 1. The average Bonchev–Trinajstić information content (AvgIpc) is 3.27. The zero-order chi connectivity index (χ0) is 26.5. The van der Waals surface area contributed by atoms with Crippen LogP contribution in [0, 0.1) is 5.41 Å². The first kappa shape index (κ1) is 30.9. The minimum Gasteiger partial charge on any atom is -0.320 e. The van der Waals surface area contributed by atoms with E-state index in [0.717, 1.165) is 56.9 Å². The van der Waals surface area contributed by atoms with Crippen molar-refractivity contribution in [3.05, 3.63) is 35.4 Å². The van der Waals surface area contributed by atoms with Gasteiger partial charge in [0.1, 0.15) is 11.6 Å². The number of nitrogens with one attached hydrogen (secondary N) is 2. The lowest BCUT2D eigenvalue weighted by atomic mass is 9.93. The van der Waals surface area contributed by atoms with Crippen molar-refractivity contribution >= 4 is 45.8 Å². The molecule has 10 nitrogen and oxygen atoms in total. The second kappa shape index (κ2) is 13.5. The number of carbonyl (C=O) groups is 3. The molecule has 1 aliphatic carbocycles. The molecule has 37 heavy (non-hydrogen) atoms. The van der Waals surface area contributed by atoms with Crippen molar-refractivity contribution in [2.45, 2.75) is 76.5 Å². The molecule has 1 saturated carbocycles. The Kier molecular flexibility index (Phi) is 11.2. The second-order valence-corrected chi connectivity index (χ2v) is 12.1. The van der Waals surface area contributed by atoms with Crippen molar-refractivity contribution < 1.29 is 22.8 Å². The van der Waals surface area contributed by atoms with E-state index in [0.29, 0.717) is 18.5 Å². The number of benzene rings is 1. The number of amides is 3. The standard InChI is InChI=1S/C25H37N5O5S.ClH/c1-17(26)24(32)30(20-7-4-3-5-8-20)25(33)21-9-6-14-29(21)15-18-10-12-19(13-11-18)23(27)28-22(31)16-36(2,34)35;/h10-13,17,20-21H,3-9,14-16,26H2,1-2H3,(H2,27,28,31);1H/t17-,21-;/m0./s1. The van der Waals surface area contributed by atoms with Crippen molar-refractivity contribution in [2.24, 2.45) is 5.73 Å². The Labute approximate surface area is 225 Å². The molecule has 1 saturated heterocycles. The topological polar surface area (TPSA) is 154 Å². The Morgan fingerprint density at radius 2 is 1.73 bits per heavy atom.